The summed E-state index contributed by atoms with van der Waals surface area (Å²) < 4.78 is 0. The largest absolute Gasteiger partial charge is 0.303 e. The van der Waals surface area contributed by atoms with Gasteiger partial charge in [0.25, 0.3) is 0 Å². The Morgan fingerprint density at radius 1 is 0.522 bits per heavy atom. The van der Waals surface area contributed by atoms with Gasteiger partial charge in [-0.05, 0) is 25.7 Å². The Labute approximate surface area is 144 Å². The minimum Gasteiger partial charge on any atom is -0.303 e. The van der Waals surface area contributed by atoms with Crippen LogP contribution < -0.4 is 0 Å². The SMILES string of the molecule is CCCCCCCCCC(C=O)CCC(C=O)CCCCCC. The van der Waals surface area contributed by atoms with E-state index in [0.29, 0.717) is 0 Å². The Morgan fingerprint density at radius 3 is 1.26 bits per heavy atom. The van der Waals surface area contributed by atoms with Gasteiger partial charge in [0.15, 0.2) is 0 Å². The molecule has 0 spiro atoms. The molecule has 0 saturated heterocycles. The summed E-state index contributed by atoms with van der Waals surface area (Å²) in [5, 5.41) is 0. The van der Waals surface area contributed by atoms with Crippen molar-refractivity contribution in [2.75, 3.05) is 0 Å². The molecule has 23 heavy (non-hydrogen) atoms. The van der Waals surface area contributed by atoms with Gasteiger partial charge in [0.05, 0.1) is 0 Å². The summed E-state index contributed by atoms with van der Waals surface area (Å²) in [5.74, 6) is 0.340. The monoisotopic (exact) mass is 324 g/mol. The van der Waals surface area contributed by atoms with Gasteiger partial charge >= 0.3 is 0 Å². The first-order valence-corrected chi connectivity index (χ1v) is 10.2. The number of carbonyl (C=O) groups excluding carboxylic acids is 2. The average molecular weight is 325 g/mol. The molecule has 2 atom stereocenters. The van der Waals surface area contributed by atoms with E-state index in [1.165, 1.54) is 57.8 Å². The van der Waals surface area contributed by atoms with E-state index in [2.05, 4.69) is 13.8 Å². The van der Waals surface area contributed by atoms with Crippen LogP contribution in [0.2, 0.25) is 0 Å². The first-order chi connectivity index (χ1) is 11.3. The maximum atomic E-state index is 11.2. The molecule has 0 aliphatic carbocycles. The van der Waals surface area contributed by atoms with Crippen molar-refractivity contribution in [1.29, 1.82) is 0 Å². The van der Waals surface area contributed by atoms with Crippen molar-refractivity contribution in [1.82, 2.24) is 0 Å². The van der Waals surface area contributed by atoms with E-state index in [0.717, 1.165) is 51.1 Å². The molecular weight excluding hydrogens is 284 g/mol. The fourth-order valence-corrected chi connectivity index (χ4v) is 3.19. The number of aldehydes is 2. The van der Waals surface area contributed by atoms with Crippen LogP contribution >= 0.6 is 0 Å². The van der Waals surface area contributed by atoms with E-state index in [-0.39, 0.29) is 11.8 Å². The summed E-state index contributed by atoms with van der Waals surface area (Å²) in [7, 11) is 0. The Hall–Kier alpha value is -0.660. The van der Waals surface area contributed by atoms with Crippen molar-refractivity contribution >= 4 is 12.6 Å². The summed E-state index contributed by atoms with van der Waals surface area (Å²) in [6.07, 6.45) is 20.0. The summed E-state index contributed by atoms with van der Waals surface area (Å²) >= 11 is 0. The minimum atomic E-state index is 0.170. The summed E-state index contributed by atoms with van der Waals surface area (Å²) in [5.41, 5.74) is 0. The van der Waals surface area contributed by atoms with Gasteiger partial charge in [0.2, 0.25) is 0 Å². The maximum Gasteiger partial charge on any atom is 0.123 e. The third kappa shape index (κ3) is 14.7. The van der Waals surface area contributed by atoms with Crippen LogP contribution in [0.3, 0.4) is 0 Å². The molecule has 0 amide bonds. The van der Waals surface area contributed by atoms with Gasteiger partial charge in [-0.3, -0.25) is 0 Å². The minimum absolute atomic E-state index is 0.170. The van der Waals surface area contributed by atoms with E-state index in [1.807, 2.05) is 0 Å². The van der Waals surface area contributed by atoms with Crippen molar-refractivity contribution < 1.29 is 9.59 Å². The third-order valence-corrected chi connectivity index (χ3v) is 4.90. The lowest BCUT2D eigenvalue weighted by atomic mass is 9.90. The highest BCUT2D eigenvalue weighted by Crippen LogP contribution is 2.20. The highest BCUT2D eigenvalue weighted by atomic mass is 16.1. The standard InChI is InChI=1S/C21H40O2/c1-3-5-7-9-10-11-13-15-21(19-23)17-16-20(18-22)14-12-8-6-4-2/h18-21H,3-17H2,1-2H3. The van der Waals surface area contributed by atoms with Crippen molar-refractivity contribution in [3.05, 3.63) is 0 Å². The first-order valence-electron chi connectivity index (χ1n) is 10.2. The molecule has 0 bridgehead atoms. The lowest BCUT2D eigenvalue weighted by Gasteiger charge is -2.14. The molecule has 0 N–H and O–H groups in total. The number of unbranched alkanes of at least 4 members (excludes halogenated alkanes) is 9. The molecule has 0 saturated carbocycles. The van der Waals surface area contributed by atoms with Crippen LogP contribution in [0.25, 0.3) is 0 Å². The van der Waals surface area contributed by atoms with E-state index in [4.69, 9.17) is 0 Å². The fourth-order valence-electron chi connectivity index (χ4n) is 3.19. The van der Waals surface area contributed by atoms with Gasteiger partial charge in [0, 0.05) is 11.8 Å². The predicted octanol–water partition coefficient (Wildman–Crippen LogP) is 6.51. The van der Waals surface area contributed by atoms with Crippen LogP contribution in [0.4, 0.5) is 0 Å². The smallest absolute Gasteiger partial charge is 0.123 e. The van der Waals surface area contributed by atoms with Gasteiger partial charge < -0.3 is 9.59 Å². The molecule has 0 aliphatic heterocycles. The molecule has 0 heterocycles. The fraction of sp³-hybridized carbons (Fsp3) is 0.905. The number of carbonyl (C=O) groups is 2. The van der Waals surface area contributed by atoms with Crippen molar-refractivity contribution in [2.45, 2.75) is 110 Å². The van der Waals surface area contributed by atoms with Crippen molar-refractivity contribution in [3.63, 3.8) is 0 Å². The van der Waals surface area contributed by atoms with Crippen LogP contribution in [-0.2, 0) is 9.59 Å². The quantitative estimate of drug-likeness (QED) is 0.213. The van der Waals surface area contributed by atoms with Crippen LogP contribution in [0, 0.1) is 11.8 Å². The first kappa shape index (κ1) is 22.3. The molecular formula is C21H40O2. The normalized spacial score (nSPS) is 13.7. The van der Waals surface area contributed by atoms with E-state index in [1.54, 1.807) is 0 Å². The van der Waals surface area contributed by atoms with Gasteiger partial charge in [-0.2, -0.15) is 0 Å². The maximum absolute atomic E-state index is 11.2. The van der Waals surface area contributed by atoms with E-state index in [9.17, 15) is 9.59 Å². The molecule has 2 heteroatoms. The zero-order valence-electron chi connectivity index (χ0n) is 15.7. The second-order valence-electron chi connectivity index (χ2n) is 7.13. The molecule has 0 aromatic heterocycles. The summed E-state index contributed by atoms with van der Waals surface area (Å²) in [6, 6.07) is 0. The van der Waals surface area contributed by atoms with Gasteiger partial charge in [-0.1, -0.05) is 84.5 Å². The predicted molar refractivity (Wildman–Crippen MR) is 99.7 cm³/mol. The average Bonchev–Trinajstić information content (AvgIpc) is 2.58. The topological polar surface area (TPSA) is 34.1 Å². The number of hydrogen-bond donors (Lipinski definition) is 0. The van der Waals surface area contributed by atoms with Crippen LogP contribution in [0.1, 0.15) is 110 Å². The van der Waals surface area contributed by atoms with Gasteiger partial charge in [-0.15, -0.1) is 0 Å². The zero-order valence-corrected chi connectivity index (χ0v) is 15.7. The second-order valence-corrected chi connectivity index (χ2v) is 7.13. The Balaban J connectivity index is 3.68. The molecule has 2 unspecified atom stereocenters. The summed E-state index contributed by atoms with van der Waals surface area (Å²) in [4.78, 5) is 22.4. The highest BCUT2D eigenvalue weighted by Gasteiger charge is 2.12. The summed E-state index contributed by atoms with van der Waals surface area (Å²) in [6.45, 7) is 4.45. The van der Waals surface area contributed by atoms with E-state index < -0.39 is 0 Å². The number of rotatable bonds is 18. The molecule has 2 nitrogen and oxygen atoms in total. The molecule has 136 valence electrons. The number of hydrogen-bond acceptors (Lipinski definition) is 2. The van der Waals surface area contributed by atoms with E-state index >= 15 is 0 Å². The Morgan fingerprint density at radius 2 is 0.870 bits per heavy atom. The second kappa shape index (κ2) is 17.7. The molecule has 0 aromatic carbocycles. The van der Waals surface area contributed by atoms with Gasteiger partial charge in [-0.25, -0.2) is 0 Å². The Bertz CT molecular complexity index is 263. The molecule has 0 rings (SSSR count). The van der Waals surface area contributed by atoms with Crippen LogP contribution in [0.15, 0.2) is 0 Å². The lowest BCUT2D eigenvalue weighted by Crippen LogP contribution is -2.08. The van der Waals surface area contributed by atoms with Crippen molar-refractivity contribution in [2.24, 2.45) is 11.8 Å². The lowest BCUT2D eigenvalue weighted by molar-refractivity contribution is -0.113. The van der Waals surface area contributed by atoms with Gasteiger partial charge in [0.1, 0.15) is 12.6 Å². The molecule has 0 aromatic rings. The Kier molecular flexibility index (Phi) is 17.2. The van der Waals surface area contributed by atoms with Crippen molar-refractivity contribution in [3.8, 4) is 0 Å². The molecule has 0 fully saturated rings. The third-order valence-electron chi connectivity index (χ3n) is 4.90. The zero-order chi connectivity index (χ0) is 17.2. The van der Waals surface area contributed by atoms with Crippen LogP contribution in [-0.4, -0.2) is 12.6 Å². The molecule has 0 aliphatic rings. The molecule has 0 radical (unpaired) electrons. The highest BCUT2D eigenvalue weighted by molar-refractivity contribution is 5.55. The van der Waals surface area contributed by atoms with Crippen LogP contribution in [0.5, 0.6) is 0 Å².